The Morgan fingerprint density at radius 2 is 1.62 bits per heavy atom. The third kappa shape index (κ3) is 7.01. The molecule has 0 bridgehead atoms. The van der Waals surface area contributed by atoms with Gasteiger partial charge in [0.2, 0.25) is 0 Å². The number of carbonyl (C=O) groups is 1. The monoisotopic (exact) mass is 356 g/mol. The van der Waals surface area contributed by atoms with E-state index in [2.05, 4.69) is 11.7 Å². The summed E-state index contributed by atoms with van der Waals surface area (Å²) in [6.07, 6.45) is 5.51. The highest BCUT2D eigenvalue weighted by atomic mass is 32.2. The minimum Gasteiger partial charge on any atom is -0.467 e. The lowest BCUT2D eigenvalue weighted by Crippen LogP contribution is -2.28. The van der Waals surface area contributed by atoms with E-state index in [-0.39, 0.29) is 4.90 Å². The molecule has 0 N–H and O–H groups in total. The lowest BCUT2D eigenvalue weighted by Gasteiger charge is -2.15. The predicted octanol–water partition coefficient (Wildman–Crippen LogP) is 3.99. The molecule has 1 aromatic rings. The van der Waals surface area contributed by atoms with E-state index in [4.69, 9.17) is 4.18 Å². The molecule has 1 aromatic carbocycles. The molecule has 24 heavy (non-hydrogen) atoms. The number of rotatable bonds is 11. The van der Waals surface area contributed by atoms with Crippen LogP contribution in [0.5, 0.6) is 0 Å². The molecule has 0 aliphatic carbocycles. The van der Waals surface area contributed by atoms with Crippen molar-refractivity contribution in [1.29, 1.82) is 0 Å². The highest BCUT2D eigenvalue weighted by Crippen LogP contribution is 2.19. The number of esters is 1. The zero-order chi connectivity index (χ0) is 18.0. The van der Waals surface area contributed by atoms with Crippen LogP contribution in [0.1, 0.15) is 57.4 Å². The topological polar surface area (TPSA) is 69.7 Å². The lowest BCUT2D eigenvalue weighted by molar-refractivity contribution is -0.149. The van der Waals surface area contributed by atoms with Gasteiger partial charge in [0.15, 0.2) is 6.10 Å². The number of ether oxygens (including phenoxy) is 1. The number of hydrogen-bond acceptors (Lipinski definition) is 5. The summed E-state index contributed by atoms with van der Waals surface area (Å²) in [5.41, 5.74) is 0.950. The van der Waals surface area contributed by atoms with Crippen LogP contribution in [-0.4, -0.2) is 27.6 Å². The third-order valence-corrected chi connectivity index (χ3v) is 5.17. The van der Waals surface area contributed by atoms with E-state index in [0.717, 1.165) is 31.2 Å². The van der Waals surface area contributed by atoms with Crippen molar-refractivity contribution >= 4 is 16.1 Å². The van der Waals surface area contributed by atoms with E-state index in [1.165, 1.54) is 32.1 Å². The van der Waals surface area contributed by atoms with Crippen LogP contribution >= 0.6 is 0 Å². The zero-order valence-electron chi connectivity index (χ0n) is 14.8. The maximum atomic E-state index is 12.3. The summed E-state index contributed by atoms with van der Waals surface area (Å²) < 4.78 is 34.5. The van der Waals surface area contributed by atoms with Crippen molar-refractivity contribution in [3.05, 3.63) is 29.8 Å². The van der Waals surface area contributed by atoms with Gasteiger partial charge in [-0.2, -0.15) is 8.42 Å². The van der Waals surface area contributed by atoms with E-state index in [0.29, 0.717) is 6.42 Å². The fourth-order valence-corrected chi connectivity index (χ4v) is 3.42. The summed E-state index contributed by atoms with van der Waals surface area (Å²) in [5, 5.41) is 0. The second kappa shape index (κ2) is 10.5. The second-order valence-corrected chi connectivity index (χ2v) is 7.50. The normalized spacial score (nSPS) is 12.8. The van der Waals surface area contributed by atoms with Crippen LogP contribution in [0.3, 0.4) is 0 Å². The van der Waals surface area contributed by atoms with Gasteiger partial charge in [-0.15, -0.1) is 0 Å². The average Bonchev–Trinajstić information content (AvgIpc) is 2.56. The Morgan fingerprint density at radius 1 is 1.04 bits per heavy atom. The highest BCUT2D eigenvalue weighted by molar-refractivity contribution is 7.86. The zero-order valence-corrected chi connectivity index (χ0v) is 15.6. The smallest absolute Gasteiger partial charge is 0.336 e. The van der Waals surface area contributed by atoms with Gasteiger partial charge in [-0.25, -0.2) is 4.79 Å². The molecule has 1 atom stereocenters. The first kappa shape index (κ1) is 20.6. The van der Waals surface area contributed by atoms with E-state index in [1.807, 2.05) is 6.92 Å². The summed E-state index contributed by atoms with van der Waals surface area (Å²) >= 11 is 0. The summed E-state index contributed by atoms with van der Waals surface area (Å²) in [6.45, 7) is 4.02. The van der Waals surface area contributed by atoms with Crippen LogP contribution in [-0.2, 0) is 23.8 Å². The molecular weight excluding hydrogens is 328 g/mol. The minimum atomic E-state index is -3.98. The van der Waals surface area contributed by atoms with E-state index in [1.54, 1.807) is 12.1 Å². The van der Waals surface area contributed by atoms with Crippen LogP contribution < -0.4 is 0 Å². The maximum Gasteiger partial charge on any atom is 0.336 e. The van der Waals surface area contributed by atoms with Gasteiger partial charge in [-0.05, 0) is 25.5 Å². The molecule has 0 spiro atoms. The lowest BCUT2D eigenvalue weighted by atomic mass is 10.1. The molecule has 1 unspecified atom stereocenters. The van der Waals surface area contributed by atoms with Crippen LogP contribution in [0.15, 0.2) is 29.2 Å². The molecule has 0 radical (unpaired) electrons. The van der Waals surface area contributed by atoms with Crippen LogP contribution in [0, 0.1) is 6.92 Å². The summed E-state index contributed by atoms with van der Waals surface area (Å²) in [7, 11) is -2.75. The van der Waals surface area contributed by atoms with Gasteiger partial charge in [-0.3, -0.25) is 4.18 Å². The number of hydrogen-bond donors (Lipinski definition) is 0. The molecule has 0 aliphatic rings. The van der Waals surface area contributed by atoms with E-state index < -0.39 is 22.2 Å². The summed E-state index contributed by atoms with van der Waals surface area (Å²) in [4.78, 5) is 11.9. The Bertz CT molecular complexity index is 592. The molecule has 5 nitrogen and oxygen atoms in total. The van der Waals surface area contributed by atoms with Crippen molar-refractivity contribution < 1.29 is 22.1 Å². The van der Waals surface area contributed by atoms with Crippen LogP contribution in [0.2, 0.25) is 0 Å². The third-order valence-electron chi connectivity index (χ3n) is 3.84. The Hall–Kier alpha value is -1.40. The number of unbranched alkanes of at least 4 members (excludes halogenated alkanes) is 5. The van der Waals surface area contributed by atoms with Crippen molar-refractivity contribution in [2.45, 2.75) is 69.8 Å². The molecule has 0 heterocycles. The minimum absolute atomic E-state index is 0.0462. The van der Waals surface area contributed by atoms with Crippen molar-refractivity contribution in [1.82, 2.24) is 0 Å². The van der Waals surface area contributed by atoms with Crippen molar-refractivity contribution in [3.63, 3.8) is 0 Å². The molecule has 0 fully saturated rings. The van der Waals surface area contributed by atoms with Crippen molar-refractivity contribution in [2.75, 3.05) is 7.11 Å². The van der Waals surface area contributed by atoms with Gasteiger partial charge in [0.1, 0.15) is 0 Å². The predicted molar refractivity (Wildman–Crippen MR) is 93.2 cm³/mol. The Kier molecular flexibility index (Phi) is 9.00. The van der Waals surface area contributed by atoms with Gasteiger partial charge in [-0.1, -0.05) is 63.1 Å². The molecule has 136 valence electrons. The van der Waals surface area contributed by atoms with Gasteiger partial charge >= 0.3 is 5.97 Å². The standard InChI is InChI=1S/C18H28O5S/c1-4-5-6-7-8-9-10-17(18(19)22-3)23-24(20,21)16-13-11-15(2)12-14-16/h11-14,17H,4-10H2,1-3H3. The van der Waals surface area contributed by atoms with E-state index >= 15 is 0 Å². The molecule has 1 rings (SSSR count). The largest absolute Gasteiger partial charge is 0.467 e. The Morgan fingerprint density at radius 3 is 2.21 bits per heavy atom. The summed E-state index contributed by atoms with van der Waals surface area (Å²) in [6, 6.07) is 6.34. The first-order chi connectivity index (χ1) is 11.4. The first-order valence-corrected chi connectivity index (χ1v) is 9.89. The summed E-state index contributed by atoms with van der Waals surface area (Å²) in [5.74, 6) is -0.653. The molecule has 0 amide bonds. The first-order valence-electron chi connectivity index (χ1n) is 8.48. The quantitative estimate of drug-likeness (QED) is 0.341. The van der Waals surface area contributed by atoms with Crippen LogP contribution in [0.4, 0.5) is 0 Å². The van der Waals surface area contributed by atoms with Gasteiger partial charge in [0, 0.05) is 0 Å². The number of carbonyl (C=O) groups excluding carboxylic acids is 1. The molecule has 0 saturated heterocycles. The fourth-order valence-electron chi connectivity index (χ4n) is 2.36. The van der Waals surface area contributed by atoms with Crippen molar-refractivity contribution in [3.8, 4) is 0 Å². The second-order valence-electron chi connectivity index (χ2n) is 5.93. The van der Waals surface area contributed by atoms with Gasteiger partial charge < -0.3 is 4.74 Å². The number of benzene rings is 1. The van der Waals surface area contributed by atoms with Crippen molar-refractivity contribution in [2.24, 2.45) is 0 Å². The van der Waals surface area contributed by atoms with Crippen LogP contribution in [0.25, 0.3) is 0 Å². The number of aryl methyl sites for hydroxylation is 1. The molecule has 0 aliphatic heterocycles. The van der Waals surface area contributed by atoms with E-state index in [9.17, 15) is 13.2 Å². The molecular formula is C18H28O5S. The average molecular weight is 356 g/mol. The SMILES string of the molecule is CCCCCCCCC(OS(=O)(=O)c1ccc(C)cc1)C(=O)OC. The Labute approximate surface area is 145 Å². The van der Waals surface area contributed by atoms with Gasteiger partial charge in [0.05, 0.1) is 12.0 Å². The maximum absolute atomic E-state index is 12.3. The fraction of sp³-hybridized carbons (Fsp3) is 0.611. The molecule has 0 saturated carbocycles. The highest BCUT2D eigenvalue weighted by Gasteiger charge is 2.27. The van der Waals surface area contributed by atoms with Gasteiger partial charge in [0.25, 0.3) is 10.1 Å². The number of methoxy groups -OCH3 is 1. The Balaban J connectivity index is 2.64. The molecule has 6 heteroatoms. The molecule has 0 aromatic heterocycles.